The van der Waals surface area contributed by atoms with Crippen LogP contribution in [-0.4, -0.2) is 26.8 Å². The fourth-order valence-electron chi connectivity index (χ4n) is 4.55. The van der Waals surface area contributed by atoms with E-state index < -0.39 is 18.2 Å². The van der Waals surface area contributed by atoms with E-state index in [9.17, 15) is 8.42 Å². The van der Waals surface area contributed by atoms with Crippen molar-refractivity contribution in [2.24, 2.45) is 0 Å². The van der Waals surface area contributed by atoms with E-state index in [4.69, 9.17) is 4.55 Å². The first-order valence-corrected chi connectivity index (χ1v) is 11.8. The fraction of sp³-hybridized carbons (Fsp3) is 1.00. The number of rotatable bonds is 9. The molecule has 0 aromatic rings. The monoisotopic (exact) mass is 322 g/mol. The molecule has 0 saturated carbocycles. The summed E-state index contributed by atoms with van der Waals surface area (Å²) in [4.78, 5) is 0. The van der Waals surface area contributed by atoms with Gasteiger partial charge in [-0.2, -0.15) is 8.42 Å². The highest BCUT2D eigenvalue weighted by Gasteiger charge is 2.50. The van der Waals surface area contributed by atoms with E-state index in [-0.39, 0.29) is 5.75 Å². The van der Waals surface area contributed by atoms with Gasteiger partial charge in [-0.15, -0.1) is 0 Å². The Labute approximate surface area is 127 Å². The molecule has 0 atom stereocenters. The summed E-state index contributed by atoms with van der Waals surface area (Å²) in [6, 6.07) is 0.981. The topological polar surface area (TPSA) is 54.4 Å². The summed E-state index contributed by atoms with van der Waals surface area (Å²) in [5.74, 6) is -0.0939. The van der Waals surface area contributed by atoms with Crippen molar-refractivity contribution in [3.8, 4) is 0 Å². The van der Waals surface area contributed by atoms with E-state index in [0.29, 0.717) is 22.5 Å². The third kappa shape index (κ3) is 4.85. The molecule has 0 aliphatic rings. The quantitative estimate of drug-likeness (QED) is 0.474. The lowest BCUT2D eigenvalue weighted by molar-refractivity contribution is 0.481. The first-order chi connectivity index (χ1) is 8.90. The van der Waals surface area contributed by atoms with Crippen LogP contribution in [0.4, 0.5) is 0 Å². The molecule has 3 nitrogen and oxygen atoms in total. The van der Waals surface area contributed by atoms with E-state index in [1.807, 2.05) is 0 Å². The van der Waals surface area contributed by atoms with E-state index in [2.05, 4.69) is 48.5 Å². The standard InChI is InChI=1S/C15H34O3SSi/c1-8-10-15(6,7)20(13(2)3,14(4)5)12-9-11-19(16,17)18/h13-14H,8-12H2,1-7H3,(H,16,17,18). The third-order valence-corrected chi connectivity index (χ3v) is 14.1. The van der Waals surface area contributed by atoms with Crippen LogP contribution in [0.25, 0.3) is 0 Å². The maximum atomic E-state index is 11.0. The fourth-order valence-corrected chi connectivity index (χ4v) is 13.1. The molecule has 0 spiro atoms. The Morgan fingerprint density at radius 1 is 1.10 bits per heavy atom. The molecular formula is C15H34O3SSi. The van der Waals surface area contributed by atoms with Crippen molar-refractivity contribution in [2.45, 2.75) is 89.9 Å². The first-order valence-electron chi connectivity index (χ1n) is 7.86. The Kier molecular flexibility index (Phi) is 7.46. The minimum Gasteiger partial charge on any atom is -0.286 e. The lowest BCUT2D eigenvalue weighted by Gasteiger charge is -2.52. The zero-order valence-electron chi connectivity index (χ0n) is 14.4. The summed E-state index contributed by atoms with van der Waals surface area (Å²) >= 11 is 0. The van der Waals surface area contributed by atoms with Gasteiger partial charge in [-0.05, 0) is 11.5 Å². The van der Waals surface area contributed by atoms with Crippen LogP contribution in [0.15, 0.2) is 0 Å². The summed E-state index contributed by atoms with van der Waals surface area (Å²) in [5.41, 5.74) is 1.23. The molecule has 0 aromatic carbocycles. The summed E-state index contributed by atoms with van der Waals surface area (Å²) < 4.78 is 31.0. The van der Waals surface area contributed by atoms with Gasteiger partial charge in [0.2, 0.25) is 0 Å². The van der Waals surface area contributed by atoms with E-state index in [1.165, 1.54) is 12.8 Å². The van der Waals surface area contributed by atoms with Gasteiger partial charge >= 0.3 is 0 Å². The molecule has 0 rings (SSSR count). The van der Waals surface area contributed by atoms with Crippen LogP contribution in [0.1, 0.15) is 67.7 Å². The van der Waals surface area contributed by atoms with Gasteiger partial charge in [-0.1, -0.05) is 78.4 Å². The Hall–Kier alpha value is 0.127. The second-order valence-electron chi connectivity index (χ2n) is 7.37. The molecule has 0 aromatic heterocycles. The molecule has 0 aliphatic heterocycles. The van der Waals surface area contributed by atoms with Gasteiger partial charge in [0.15, 0.2) is 0 Å². The van der Waals surface area contributed by atoms with Gasteiger partial charge < -0.3 is 0 Å². The largest absolute Gasteiger partial charge is 0.286 e. The molecule has 0 amide bonds. The Bertz CT molecular complexity index is 378. The molecule has 0 saturated heterocycles. The molecule has 0 radical (unpaired) electrons. The number of hydrogen-bond donors (Lipinski definition) is 1. The average molecular weight is 323 g/mol. The first kappa shape index (κ1) is 20.1. The minimum atomic E-state index is -3.83. The third-order valence-electron chi connectivity index (χ3n) is 5.19. The van der Waals surface area contributed by atoms with Crippen LogP contribution in [0.5, 0.6) is 0 Å². The van der Waals surface area contributed by atoms with E-state index >= 15 is 0 Å². The van der Waals surface area contributed by atoms with Crippen molar-refractivity contribution >= 4 is 18.2 Å². The smallest absolute Gasteiger partial charge is 0.264 e. The van der Waals surface area contributed by atoms with Crippen molar-refractivity contribution in [3.05, 3.63) is 0 Å². The molecule has 1 N–H and O–H groups in total. The molecule has 0 heterocycles. The molecule has 5 heteroatoms. The van der Waals surface area contributed by atoms with Crippen molar-refractivity contribution in [3.63, 3.8) is 0 Å². The normalized spacial score (nSPS) is 14.3. The molecule has 0 bridgehead atoms. The molecule has 0 aliphatic carbocycles. The Morgan fingerprint density at radius 2 is 1.55 bits per heavy atom. The van der Waals surface area contributed by atoms with Crippen LogP contribution in [-0.2, 0) is 10.1 Å². The summed E-state index contributed by atoms with van der Waals surface area (Å²) in [7, 11) is -5.51. The van der Waals surface area contributed by atoms with Crippen LogP contribution in [0.3, 0.4) is 0 Å². The van der Waals surface area contributed by atoms with Crippen molar-refractivity contribution in [1.29, 1.82) is 0 Å². The second kappa shape index (κ2) is 7.41. The Balaban J connectivity index is 5.35. The lowest BCUT2D eigenvalue weighted by atomic mass is 10.1. The Morgan fingerprint density at radius 3 is 1.85 bits per heavy atom. The highest BCUT2D eigenvalue weighted by Crippen LogP contribution is 2.55. The summed E-state index contributed by atoms with van der Waals surface area (Å²) in [5, 5.41) is 0.295. The maximum absolute atomic E-state index is 11.0. The maximum Gasteiger partial charge on any atom is 0.264 e. The average Bonchev–Trinajstić information content (AvgIpc) is 2.20. The van der Waals surface area contributed by atoms with Crippen LogP contribution in [0, 0.1) is 0 Å². The SMILES string of the molecule is CCCC(C)(C)[Si](CCCS(=O)(=O)O)(C(C)C)C(C)C. The zero-order chi connectivity index (χ0) is 16.2. The van der Waals surface area contributed by atoms with Crippen LogP contribution in [0.2, 0.25) is 22.2 Å². The van der Waals surface area contributed by atoms with Crippen LogP contribution < -0.4 is 0 Å². The molecular weight excluding hydrogens is 288 g/mol. The number of hydrogen-bond acceptors (Lipinski definition) is 2. The minimum absolute atomic E-state index is 0.0939. The van der Waals surface area contributed by atoms with Gasteiger partial charge in [0, 0.05) is 0 Å². The van der Waals surface area contributed by atoms with Crippen molar-refractivity contribution in [1.82, 2.24) is 0 Å². The van der Waals surface area contributed by atoms with E-state index in [1.54, 1.807) is 0 Å². The predicted molar refractivity (Wildman–Crippen MR) is 90.7 cm³/mol. The van der Waals surface area contributed by atoms with Gasteiger partial charge in [-0.3, -0.25) is 4.55 Å². The molecule has 122 valence electrons. The van der Waals surface area contributed by atoms with Gasteiger partial charge in [0.05, 0.1) is 13.8 Å². The summed E-state index contributed by atoms with van der Waals surface area (Å²) in [6.45, 7) is 16.2. The highest BCUT2D eigenvalue weighted by molar-refractivity contribution is 7.85. The lowest BCUT2D eigenvalue weighted by Crippen LogP contribution is -2.50. The second-order valence-corrected chi connectivity index (χ2v) is 15.2. The molecule has 0 unspecified atom stereocenters. The highest BCUT2D eigenvalue weighted by atomic mass is 32.2. The van der Waals surface area contributed by atoms with Crippen LogP contribution >= 0.6 is 0 Å². The van der Waals surface area contributed by atoms with E-state index in [0.717, 1.165) is 6.04 Å². The van der Waals surface area contributed by atoms with Crippen molar-refractivity contribution in [2.75, 3.05) is 5.75 Å². The predicted octanol–water partition coefficient (Wildman–Crippen LogP) is 5.11. The molecule has 0 fully saturated rings. The van der Waals surface area contributed by atoms with Crippen molar-refractivity contribution < 1.29 is 13.0 Å². The molecule has 20 heavy (non-hydrogen) atoms. The zero-order valence-corrected chi connectivity index (χ0v) is 16.2. The van der Waals surface area contributed by atoms with Gasteiger partial charge in [0.25, 0.3) is 10.1 Å². The summed E-state index contributed by atoms with van der Waals surface area (Å²) in [6.07, 6.45) is 2.95. The van der Waals surface area contributed by atoms with Gasteiger partial charge in [0.1, 0.15) is 0 Å². The van der Waals surface area contributed by atoms with Gasteiger partial charge in [-0.25, -0.2) is 0 Å².